The monoisotopic (exact) mass is 299 g/mol. The first-order chi connectivity index (χ1) is 9.77. The Hall–Kier alpha value is -1.30. The largest absolute Gasteiger partial charge is 0.388 e. The van der Waals surface area contributed by atoms with E-state index in [4.69, 9.17) is 5.73 Å². The number of aliphatic hydroxyl groups is 1. The molecule has 6 nitrogen and oxygen atoms in total. The van der Waals surface area contributed by atoms with Crippen LogP contribution in [-0.4, -0.2) is 35.2 Å². The molecule has 0 aromatic rings. The molecule has 0 aliphatic heterocycles. The maximum atomic E-state index is 12.1. The van der Waals surface area contributed by atoms with Crippen molar-refractivity contribution >= 4 is 11.9 Å². The summed E-state index contributed by atoms with van der Waals surface area (Å²) >= 11 is 0. The molecule has 1 aliphatic carbocycles. The predicted molar refractivity (Wildman–Crippen MR) is 81.6 cm³/mol. The van der Waals surface area contributed by atoms with Crippen molar-refractivity contribution in [1.29, 1.82) is 0 Å². The summed E-state index contributed by atoms with van der Waals surface area (Å²) in [4.78, 5) is 23.1. The Bertz CT molecular complexity index is 363. The van der Waals surface area contributed by atoms with Gasteiger partial charge in [0.2, 0.25) is 5.91 Å². The molecule has 1 fully saturated rings. The third-order valence-electron chi connectivity index (χ3n) is 4.45. The van der Waals surface area contributed by atoms with E-state index in [1.165, 1.54) is 0 Å². The third kappa shape index (κ3) is 5.53. The van der Waals surface area contributed by atoms with Crippen molar-refractivity contribution in [2.45, 2.75) is 64.5 Å². The molecule has 0 saturated heterocycles. The summed E-state index contributed by atoms with van der Waals surface area (Å²) in [5.41, 5.74) is 4.26. The number of urea groups is 1. The molecule has 1 unspecified atom stereocenters. The van der Waals surface area contributed by atoms with Gasteiger partial charge in [0, 0.05) is 6.54 Å². The van der Waals surface area contributed by atoms with Gasteiger partial charge in [-0.1, -0.05) is 27.2 Å². The van der Waals surface area contributed by atoms with Crippen LogP contribution in [0.5, 0.6) is 0 Å². The van der Waals surface area contributed by atoms with Crippen LogP contribution in [0.2, 0.25) is 0 Å². The lowest BCUT2D eigenvalue weighted by Crippen LogP contribution is -2.54. The van der Waals surface area contributed by atoms with Crippen molar-refractivity contribution < 1.29 is 14.7 Å². The van der Waals surface area contributed by atoms with Gasteiger partial charge in [0.15, 0.2) is 0 Å². The third-order valence-corrected chi connectivity index (χ3v) is 4.45. The van der Waals surface area contributed by atoms with Crippen molar-refractivity contribution in [2.24, 2.45) is 17.6 Å². The second kappa shape index (κ2) is 7.64. The average Bonchev–Trinajstić information content (AvgIpc) is 2.43. The van der Waals surface area contributed by atoms with E-state index in [0.717, 1.165) is 19.3 Å². The zero-order chi connectivity index (χ0) is 16.0. The Kier molecular flexibility index (Phi) is 6.45. The Morgan fingerprint density at radius 1 is 1.33 bits per heavy atom. The first-order valence-corrected chi connectivity index (χ1v) is 7.83. The zero-order valence-corrected chi connectivity index (χ0v) is 13.3. The van der Waals surface area contributed by atoms with E-state index >= 15 is 0 Å². The molecule has 0 aromatic carbocycles. The summed E-state index contributed by atoms with van der Waals surface area (Å²) in [5.74, 6) is 0.318. The fraction of sp³-hybridized carbons (Fsp3) is 0.867. The quantitative estimate of drug-likeness (QED) is 0.591. The maximum Gasteiger partial charge on any atom is 0.312 e. The van der Waals surface area contributed by atoms with E-state index in [2.05, 4.69) is 17.6 Å². The van der Waals surface area contributed by atoms with Gasteiger partial charge in [-0.15, -0.1) is 0 Å². The highest BCUT2D eigenvalue weighted by Gasteiger charge is 2.34. The molecule has 21 heavy (non-hydrogen) atoms. The number of hydrogen-bond donors (Lipinski definition) is 4. The molecule has 1 saturated carbocycles. The predicted octanol–water partition coefficient (Wildman–Crippen LogP) is 1.13. The van der Waals surface area contributed by atoms with Gasteiger partial charge in [0.25, 0.3) is 0 Å². The molecule has 1 aliphatic rings. The number of nitrogens with two attached hydrogens (primary N) is 1. The lowest BCUT2D eigenvalue weighted by molar-refractivity contribution is -0.125. The van der Waals surface area contributed by atoms with Gasteiger partial charge in [-0.05, 0) is 37.5 Å². The summed E-state index contributed by atoms with van der Waals surface area (Å²) in [6.45, 7) is 6.06. The second-order valence-electron chi connectivity index (χ2n) is 6.52. The molecule has 0 bridgehead atoms. The molecule has 0 heterocycles. The topological polar surface area (TPSA) is 104 Å². The Morgan fingerprint density at radius 3 is 2.33 bits per heavy atom. The van der Waals surface area contributed by atoms with Crippen molar-refractivity contribution in [3.8, 4) is 0 Å². The van der Waals surface area contributed by atoms with Crippen LogP contribution < -0.4 is 16.4 Å². The summed E-state index contributed by atoms with van der Waals surface area (Å²) < 4.78 is 0. The van der Waals surface area contributed by atoms with Crippen LogP contribution in [0, 0.1) is 11.8 Å². The number of hydrogen-bond acceptors (Lipinski definition) is 3. The van der Waals surface area contributed by atoms with Gasteiger partial charge >= 0.3 is 6.03 Å². The van der Waals surface area contributed by atoms with Gasteiger partial charge in [0.05, 0.1) is 5.60 Å². The highest BCUT2D eigenvalue weighted by Crippen LogP contribution is 2.33. The van der Waals surface area contributed by atoms with Gasteiger partial charge in [-0.25, -0.2) is 4.79 Å². The molecule has 122 valence electrons. The van der Waals surface area contributed by atoms with E-state index < -0.39 is 17.7 Å². The fourth-order valence-electron chi connectivity index (χ4n) is 2.85. The molecule has 0 aromatic heterocycles. The van der Waals surface area contributed by atoms with Crippen LogP contribution in [0.3, 0.4) is 0 Å². The van der Waals surface area contributed by atoms with Crippen LogP contribution in [0.25, 0.3) is 0 Å². The minimum atomic E-state index is -0.824. The van der Waals surface area contributed by atoms with E-state index in [1.54, 1.807) is 0 Å². The van der Waals surface area contributed by atoms with Gasteiger partial charge in [0.1, 0.15) is 6.04 Å². The molecule has 0 spiro atoms. The minimum Gasteiger partial charge on any atom is -0.388 e. The van der Waals surface area contributed by atoms with Gasteiger partial charge in [-0.2, -0.15) is 0 Å². The molecular weight excluding hydrogens is 270 g/mol. The second-order valence-corrected chi connectivity index (χ2v) is 6.52. The summed E-state index contributed by atoms with van der Waals surface area (Å²) in [6.07, 6.45) is 4.55. The van der Waals surface area contributed by atoms with Crippen LogP contribution in [0.15, 0.2) is 0 Å². The first kappa shape index (κ1) is 17.8. The molecule has 0 radical (unpaired) electrons. The number of nitrogens with one attached hydrogen (secondary N) is 2. The van der Waals surface area contributed by atoms with E-state index in [-0.39, 0.29) is 18.4 Å². The van der Waals surface area contributed by atoms with Gasteiger partial charge < -0.3 is 21.5 Å². The minimum absolute atomic E-state index is 0.0667. The van der Waals surface area contributed by atoms with Crippen molar-refractivity contribution in [2.75, 3.05) is 6.54 Å². The van der Waals surface area contributed by atoms with Crippen molar-refractivity contribution in [3.63, 3.8) is 0 Å². The molecule has 3 amide bonds. The van der Waals surface area contributed by atoms with E-state index in [0.29, 0.717) is 18.8 Å². The Balaban J connectivity index is 2.49. The maximum absolute atomic E-state index is 12.1. The molecule has 6 heteroatoms. The number of carbonyl (C=O) groups is 2. The number of amides is 3. The normalized spacial score (nSPS) is 27.2. The Morgan fingerprint density at radius 2 is 1.90 bits per heavy atom. The fourth-order valence-corrected chi connectivity index (χ4v) is 2.85. The number of rotatable bonds is 6. The van der Waals surface area contributed by atoms with Crippen molar-refractivity contribution in [1.82, 2.24) is 10.6 Å². The first-order valence-electron chi connectivity index (χ1n) is 7.83. The molecular formula is C15H29N3O3. The standard InChI is InChI=1S/C15H29N3O3/c1-4-11-5-7-15(21,8-6-11)9-17-13(19)12(10(2)3)18-14(16)20/h10-12,21H,4-9H2,1-3H3,(H,17,19)(H3,16,18,20). The van der Waals surface area contributed by atoms with Gasteiger partial charge in [-0.3, -0.25) is 4.79 Å². The Labute approximate surface area is 126 Å². The lowest BCUT2D eigenvalue weighted by atomic mass is 9.78. The highest BCUT2D eigenvalue weighted by molar-refractivity contribution is 5.86. The van der Waals surface area contributed by atoms with Crippen LogP contribution in [0.1, 0.15) is 52.9 Å². The smallest absolute Gasteiger partial charge is 0.312 e. The highest BCUT2D eigenvalue weighted by atomic mass is 16.3. The van der Waals surface area contributed by atoms with Crippen LogP contribution in [-0.2, 0) is 4.79 Å². The molecule has 1 rings (SSSR count). The SMILES string of the molecule is CCC1CCC(O)(CNC(=O)C(NC(N)=O)C(C)C)CC1. The van der Waals surface area contributed by atoms with E-state index in [9.17, 15) is 14.7 Å². The van der Waals surface area contributed by atoms with E-state index in [1.807, 2.05) is 13.8 Å². The van der Waals surface area contributed by atoms with Crippen LogP contribution >= 0.6 is 0 Å². The lowest BCUT2D eigenvalue weighted by Gasteiger charge is -2.36. The number of primary amides is 1. The van der Waals surface area contributed by atoms with Crippen LogP contribution in [0.4, 0.5) is 4.79 Å². The summed E-state index contributed by atoms with van der Waals surface area (Å²) in [5, 5.41) is 15.7. The summed E-state index contributed by atoms with van der Waals surface area (Å²) in [7, 11) is 0. The molecule has 1 atom stereocenters. The summed E-state index contributed by atoms with van der Waals surface area (Å²) in [6, 6.07) is -1.39. The number of carbonyl (C=O) groups excluding carboxylic acids is 2. The zero-order valence-electron chi connectivity index (χ0n) is 13.3. The molecule has 5 N–H and O–H groups in total. The average molecular weight is 299 g/mol. The van der Waals surface area contributed by atoms with Crippen molar-refractivity contribution in [3.05, 3.63) is 0 Å².